The van der Waals surface area contributed by atoms with E-state index in [1.165, 1.54) is 6.07 Å². The molecular formula is C14H21ClN2O2. The molecule has 0 saturated heterocycles. The van der Waals surface area contributed by atoms with E-state index in [1.54, 1.807) is 6.07 Å². The predicted octanol–water partition coefficient (Wildman–Crippen LogP) is 4.20. The second kappa shape index (κ2) is 6.75. The molecule has 0 aromatic heterocycles. The van der Waals surface area contributed by atoms with E-state index in [1.807, 2.05) is 13.1 Å². The van der Waals surface area contributed by atoms with Crippen LogP contribution in [0.4, 0.5) is 11.4 Å². The molecule has 0 aliphatic heterocycles. The van der Waals surface area contributed by atoms with Gasteiger partial charge in [-0.3, -0.25) is 10.1 Å². The van der Waals surface area contributed by atoms with Crippen molar-refractivity contribution in [2.75, 3.05) is 11.9 Å². The fourth-order valence-electron chi connectivity index (χ4n) is 2.17. The van der Waals surface area contributed by atoms with E-state index in [0.717, 1.165) is 12.1 Å². The lowest BCUT2D eigenvalue weighted by molar-refractivity contribution is -0.385. The van der Waals surface area contributed by atoms with E-state index in [0.29, 0.717) is 17.5 Å². The number of anilines is 1. The van der Waals surface area contributed by atoms with Crippen LogP contribution < -0.4 is 4.90 Å². The Hall–Kier alpha value is -1.29. The molecule has 0 aliphatic carbocycles. The number of halogens is 1. The van der Waals surface area contributed by atoms with Crippen LogP contribution in [0.5, 0.6) is 0 Å². The molecule has 5 heteroatoms. The molecule has 0 amide bonds. The minimum atomic E-state index is -0.390. The Kier molecular flexibility index (Phi) is 5.60. The maximum Gasteiger partial charge on any atom is 0.273 e. The van der Waals surface area contributed by atoms with Crippen LogP contribution in [-0.4, -0.2) is 18.0 Å². The van der Waals surface area contributed by atoms with Crippen molar-refractivity contribution < 1.29 is 4.92 Å². The number of nitrogens with zero attached hydrogens (tertiary/aromatic N) is 2. The van der Waals surface area contributed by atoms with E-state index in [9.17, 15) is 10.1 Å². The number of rotatable bonds is 6. The molecule has 106 valence electrons. The molecule has 0 radical (unpaired) electrons. The van der Waals surface area contributed by atoms with Crippen molar-refractivity contribution >= 4 is 23.0 Å². The van der Waals surface area contributed by atoms with Gasteiger partial charge in [0.25, 0.3) is 5.69 Å². The average molecular weight is 285 g/mol. The van der Waals surface area contributed by atoms with E-state index in [2.05, 4.69) is 25.7 Å². The maximum absolute atomic E-state index is 10.9. The molecule has 1 aromatic carbocycles. The molecule has 1 aromatic rings. The Balaban J connectivity index is 2.98. The predicted molar refractivity (Wildman–Crippen MR) is 80.0 cm³/mol. The van der Waals surface area contributed by atoms with Crippen LogP contribution in [0.3, 0.4) is 0 Å². The first-order valence-electron chi connectivity index (χ1n) is 6.43. The Labute approximate surface area is 119 Å². The zero-order valence-corrected chi connectivity index (χ0v) is 12.6. The zero-order valence-electron chi connectivity index (χ0n) is 11.9. The highest BCUT2D eigenvalue weighted by Crippen LogP contribution is 2.27. The van der Waals surface area contributed by atoms with Gasteiger partial charge in [-0.05, 0) is 31.4 Å². The van der Waals surface area contributed by atoms with Crippen molar-refractivity contribution in [1.29, 1.82) is 0 Å². The summed E-state index contributed by atoms with van der Waals surface area (Å²) in [6.07, 6.45) is 1.07. The lowest BCUT2D eigenvalue weighted by Gasteiger charge is -2.28. The lowest BCUT2D eigenvalue weighted by atomic mass is 10.0. The third kappa shape index (κ3) is 4.10. The highest BCUT2D eigenvalue weighted by Gasteiger charge is 2.17. The largest absolute Gasteiger partial charge is 0.372 e. The van der Waals surface area contributed by atoms with Crippen LogP contribution in [0, 0.1) is 16.0 Å². The first kappa shape index (κ1) is 15.8. The highest BCUT2D eigenvalue weighted by molar-refractivity contribution is 6.17. The Bertz CT molecular complexity index is 449. The fourth-order valence-corrected chi connectivity index (χ4v) is 2.39. The van der Waals surface area contributed by atoms with Gasteiger partial charge in [0.2, 0.25) is 0 Å². The van der Waals surface area contributed by atoms with Crippen LogP contribution in [0.2, 0.25) is 0 Å². The third-order valence-electron chi connectivity index (χ3n) is 3.28. The Morgan fingerprint density at radius 2 is 2.00 bits per heavy atom. The van der Waals surface area contributed by atoms with Gasteiger partial charge < -0.3 is 4.90 Å². The van der Waals surface area contributed by atoms with Gasteiger partial charge >= 0.3 is 0 Å². The van der Waals surface area contributed by atoms with Crippen molar-refractivity contribution in [3.05, 3.63) is 33.9 Å². The molecule has 0 N–H and O–H groups in total. The average Bonchev–Trinajstić information content (AvgIpc) is 2.36. The molecule has 0 bridgehead atoms. The van der Waals surface area contributed by atoms with Gasteiger partial charge in [0.15, 0.2) is 0 Å². The van der Waals surface area contributed by atoms with Gasteiger partial charge in [-0.1, -0.05) is 13.8 Å². The van der Waals surface area contributed by atoms with Crippen LogP contribution in [-0.2, 0) is 5.88 Å². The SMILES string of the molecule is CC(C)CC(C)N(C)c1ccc([N+](=O)[O-])c(CCl)c1. The lowest BCUT2D eigenvalue weighted by Crippen LogP contribution is -2.30. The number of hydrogen-bond acceptors (Lipinski definition) is 3. The topological polar surface area (TPSA) is 46.4 Å². The van der Waals surface area contributed by atoms with Gasteiger partial charge in [-0.25, -0.2) is 0 Å². The second-order valence-corrected chi connectivity index (χ2v) is 5.56. The summed E-state index contributed by atoms with van der Waals surface area (Å²) in [4.78, 5) is 12.6. The van der Waals surface area contributed by atoms with E-state index in [-0.39, 0.29) is 16.5 Å². The van der Waals surface area contributed by atoms with Gasteiger partial charge in [0.05, 0.1) is 10.8 Å². The van der Waals surface area contributed by atoms with Crippen LogP contribution >= 0.6 is 11.6 Å². The van der Waals surface area contributed by atoms with Gasteiger partial charge in [-0.2, -0.15) is 0 Å². The minimum absolute atomic E-state index is 0.0867. The normalized spacial score (nSPS) is 12.5. The van der Waals surface area contributed by atoms with Gasteiger partial charge in [0.1, 0.15) is 0 Å². The summed E-state index contributed by atoms with van der Waals surface area (Å²) in [7, 11) is 2.01. The van der Waals surface area contributed by atoms with Crippen molar-refractivity contribution in [3.8, 4) is 0 Å². The minimum Gasteiger partial charge on any atom is -0.372 e. The van der Waals surface area contributed by atoms with Crippen LogP contribution in [0.15, 0.2) is 18.2 Å². The Morgan fingerprint density at radius 1 is 1.37 bits per heavy atom. The van der Waals surface area contributed by atoms with Crippen molar-refractivity contribution in [1.82, 2.24) is 0 Å². The molecule has 1 atom stereocenters. The summed E-state index contributed by atoms with van der Waals surface area (Å²) in [6.45, 7) is 6.52. The molecule has 0 fully saturated rings. The van der Waals surface area contributed by atoms with Crippen molar-refractivity contribution in [3.63, 3.8) is 0 Å². The standard InChI is InChI=1S/C14H21ClN2O2/c1-10(2)7-11(3)16(4)13-5-6-14(17(18)19)12(8-13)9-15/h5-6,8,10-11H,7,9H2,1-4H3. The molecular weight excluding hydrogens is 264 g/mol. The van der Waals surface area contributed by atoms with Gasteiger partial charge in [-0.15, -0.1) is 11.6 Å². The van der Waals surface area contributed by atoms with Crippen molar-refractivity contribution in [2.24, 2.45) is 5.92 Å². The third-order valence-corrected chi connectivity index (χ3v) is 3.57. The second-order valence-electron chi connectivity index (χ2n) is 5.29. The number of nitro groups is 1. The molecule has 0 spiro atoms. The number of benzene rings is 1. The monoisotopic (exact) mass is 284 g/mol. The molecule has 0 aliphatic rings. The van der Waals surface area contributed by atoms with E-state index < -0.39 is 0 Å². The highest BCUT2D eigenvalue weighted by atomic mass is 35.5. The van der Waals surface area contributed by atoms with Gasteiger partial charge in [0, 0.05) is 30.4 Å². The van der Waals surface area contributed by atoms with Crippen LogP contribution in [0.1, 0.15) is 32.8 Å². The maximum atomic E-state index is 10.9. The molecule has 19 heavy (non-hydrogen) atoms. The first-order valence-corrected chi connectivity index (χ1v) is 6.96. The quantitative estimate of drug-likeness (QED) is 0.447. The first-order chi connectivity index (χ1) is 8.86. The van der Waals surface area contributed by atoms with Crippen molar-refractivity contribution in [2.45, 2.75) is 39.1 Å². The fraction of sp³-hybridized carbons (Fsp3) is 0.571. The molecule has 0 saturated carbocycles. The summed E-state index contributed by atoms with van der Waals surface area (Å²) >= 11 is 5.79. The number of alkyl halides is 1. The zero-order chi connectivity index (χ0) is 14.6. The summed E-state index contributed by atoms with van der Waals surface area (Å²) in [5.74, 6) is 0.763. The molecule has 1 rings (SSSR count). The molecule has 4 nitrogen and oxygen atoms in total. The number of hydrogen-bond donors (Lipinski definition) is 0. The van der Waals surface area contributed by atoms with Crippen LogP contribution in [0.25, 0.3) is 0 Å². The van der Waals surface area contributed by atoms with E-state index >= 15 is 0 Å². The Morgan fingerprint density at radius 3 is 2.47 bits per heavy atom. The van der Waals surface area contributed by atoms with E-state index in [4.69, 9.17) is 11.6 Å². The summed E-state index contributed by atoms with van der Waals surface area (Å²) in [5.41, 5.74) is 1.62. The molecule has 0 heterocycles. The number of nitro benzene ring substituents is 1. The molecule has 1 unspecified atom stereocenters. The summed E-state index contributed by atoms with van der Waals surface area (Å²) in [5, 5.41) is 10.9. The summed E-state index contributed by atoms with van der Waals surface area (Å²) in [6, 6.07) is 5.50. The smallest absolute Gasteiger partial charge is 0.273 e. The summed E-state index contributed by atoms with van der Waals surface area (Å²) < 4.78 is 0.